The Morgan fingerprint density at radius 3 is 2.92 bits per heavy atom. The predicted octanol–water partition coefficient (Wildman–Crippen LogP) is 0.355. The zero-order valence-corrected chi connectivity index (χ0v) is 8.04. The highest BCUT2D eigenvalue weighted by atomic mass is 15.1. The van der Waals surface area contributed by atoms with E-state index in [0.717, 1.165) is 36.6 Å². The van der Waals surface area contributed by atoms with E-state index in [1.165, 1.54) is 0 Å². The van der Waals surface area contributed by atoms with E-state index < -0.39 is 0 Å². The van der Waals surface area contributed by atoms with Crippen LogP contribution in [0.25, 0.3) is 0 Å². The highest BCUT2D eigenvalue weighted by Gasteiger charge is 2.17. The van der Waals surface area contributed by atoms with Gasteiger partial charge in [0, 0.05) is 18.7 Å². The van der Waals surface area contributed by atoms with Crippen molar-refractivity contribution in [2.24, 2.45) is 0 Å². The molecule has 70 valence electrons. The maximum absolute atomic E-state index is 5.82. The molecule has 0 fully saturated rings. The number of hydrogen-bond donors (Lipinski definition) is 1. The Labute approximate surface area is 77.8 Å². The summed E-state index contributed by atoms with van der Waals surface area (Å²) in [7, 11) is 2.09. The van der Waals surface area contributed by atoms with Gasteiger partial charge < -0.3 is 10.6 Å². The number of anilines is 1. The van der Waals surface area contributed by atoms with Gasteiger partial charge in [-0.3, -0.25) is 0 Å². The maximum atomic E-state index is 5.82. The Morgan fingerprint density at radius 2 is 2.15 bits per heavy atom. The van der Waals surface area contributed by atoms with E-state index in [1.807, 2.05) is 6.92 Å². The molecular formula is C9H14N4. The van der Waals surface area contributed by atoms with Gasteiger partial charge in [-0.1, -0.05) is 0 Å². The molecule has 0 aromatic carbocycles. The Morgan fingerprint density at radius 1 is 1.38 bits per heavy atom. The van der Waals surface area contributed by atoms with Crippen LogP contribution in [0.5, 0.6) is 0 Å². The molecule has 0 bridgehead atoms. The first-order chi connectivity index (χ1) is 6.16. The van der Waals surface area contributed by atoms with Gasteiger partial charge in [0.05, 0.1) is 5.69 Å². The monoisotopic (exact) mass is 178 g/mol. The van der Waals surface area contributed by atoms with Gasteiger partial charge in [0.2, 0.25) is 0 Å². The van der Waals surface area contributed by atoms with Gasteiger partial charge in [-0.2, -0.15) is 0 Å². The van der Waals surface area contributed by atoms with Crippen LogP contribution in [0.2, 0.25) is 0 Å². The highest BCUT2D eigenvalue weighted by Crippen LogP contribution is 2.20. The lowest BCUT2D eigenvalue weighted by Crippen LogP contribution is -2.28. The number of aryl methyl sites for hydroxylation is 1. The first kappa shape index (κ1) is 8.44. The summed E-state index contributed by atoms with van der Waals surface area (Å²) in [6, 6.07) is 0. The molecule has 0 aliphatic carbocycles. The molecule has 1 aliphatic heterocycles. The third kappa shape index (κ3) is 1.49. The summed E-state index contributed by atoms with van der Waals surface area (Å²) >= 11 is 0. The van der Waals surface area contributed by atoms with Crippen molar-refractivity contribution in [1.29, 1.82) is 0 Å². The molecule has 0 saturated carbocycles. The van der Waals surface area contributed by atoms with Crippen molar-refractivity contribution in [3.05, 3.63) is 17.1 Å². The van der Waals surface area contributed by atoms with Gasteiger partial charge in [0.1, 0.15) is 11.6 Å². The molecule has 2 N–H and O–H groups in total. The number of likely N-dealkylation sites (N-methyl/N-ethyl adjacent to an activating group) is 1. The minimum Gasteiger partial charge on any atom is -0.383 e. The lowest BCUT2D eigenvalue weighted by molar-refractivity contribution is 0.307. The zero-order valence-electron chi connectivity index (χ0n) is 8.04. The molecule has 0 unspecified atom stereocenters. The first-order valence-electron chi connectivity index (χ1n) is 4.47. The lowest BCUT2D eigenvalue weighted by atomic mass is 10.1. The minimum absolute atomic E-state index is 0.663. The van der Waals surface area contributed by atoms with Crippen LogP contribution >= 0.6 is 0 Å². The summed E-state index contributed by atoms with van der Waals surface area (Å²) in [6.45, 7) is 3.82. The number of aromatic nitrogens is 2. The number of hydrogen-bond acceptors (Lipinski definition) is 4. The van der Waals surface area contributed by atoms with E-state index in [9.17, 15) is 0 Å². The van der Waals surface area contributed by atoms with Crippen LogP contribution in [0.15, 0.2) is 0 Å². The minimum atomic E-state index is 0.663. The topological polar surface area (TPSA) is 55.0 Å². The molecule has 0 saturated heterocycles. The van der Waals surface area contributed by atoms with Crippen LogP contribution in [0.4, 0.5) is 5.82 Å². The van der Waals surface area contributed by atoms with Crippen molar-refractivity contribution in [3.63, 3.8) is 0 Å². The van der Waals surface area contributed by atoms with Gasteiger partial charge in [-0.15, -0.1) is 0 Å². The molecule has 2 rings (SSSR count). The van der Waals surface area contributed by atoms with Crippen molar-refractivity contribution in [3.8, 4) is 0 Å². The summed E-state index contributed by atoms with van der Waals surface area (Å²) in [5.41, 5.74) is 8.06. The van der Waals surface area contributed by atoms with Gasteiger partial charge in [-0.25, -0.2) is 9.97 Å². The molecule has 1 aromatic heterocycles. The summed E-state index contributed by atoms with van der Waals surface area (Å²) in [6.07, 6.45) is 0.970. The second kappa shape index (κ2) is 2.96. The third-order valence-electron chi connectivity index (χ3n) is 2.40. The second-order valence-corrected chi connectivity index (χ2v) is 3.57. The van der Waals surface area contributed by atoms with Crippen molar-refractivity contribution in [2.45, 2.75) is 19.9 Å². The number of nitrogens with zero attached hydrogens (tertiary/aromatic N) is 3. The summed E-state index contributed by atoms with van der Waals surface area (Å²) in [5, 5.41) is 0. The Balaban J connectivity index is 2.47. The van der Waals surface area contributed by atoms with E-state index in [1.54, 1.807) is 0 Å². The van der Waals surface area contributed by atoms with E-state index >= 15 is 0 Å². The van der Waals surface area contributed by atoms with Crippen molar-refractivity contribution < 1.29 is 0 Å². The van der Waals surface area contributed by atoms with Crippen molar-refractivity contribution in [1.82, 2.24) is 14.9 Å². The van der Waals surface area contributed by atoms with Crippen molar-refractivity contribution in [2.75, 3.05) is 19.3 Å². The Bertz CT molecular complexity index is 335. The van der Waals surface area contributed by atoms with E-state index in [0.29, 0.717) is 5.82 Å². The van der Waals surface area contributed by atoms with Crippen LogP contribution in [0, 0.1) is 6.92 Å². The van der Waals surface area contributed by atoms with E-state index in [4.69, 9.17) is 5.73 Å². The molecule has 0 atom stereocenters. The van der Waals surface area contributed by atoms with Crippen molar-refractivity contribution >= 4 is 5.82 Å². The fourth-order valence-electron chi connectivity index (χ4n) is 1.72. The quantitative estimate of drug-likeness (QED) is 0.623. The molecule has 13 heavy (non-hydrogen) atoms. The number of nitrogen functional groups attached to an aromatic ring is 1. The molecule has 0 radical (unpaired) electrons. The summed E-state index contributed by atoms with van der Waals surface area (Å²) in [5.74, 6) is 1.43. The average Bonchev–Trinajstić information content (AvgIpc) is 2.02. The fourth-order valence-corrected chi connectivity index (χ4v) is 1.72. The van der Waals surface area contributed by atoms with Gasteiger partial charge in [0.25, 0.3) is 0 Å². The van der Waals surface area contributed by atoms with Crippen LogP contribution in [-0.2, 0) is 13.0 Å². The number of nitrogens with two attached hydrogens (primary N) is 1. The second-order valence-electron chi connectivity index (χ2n) is 3.57. The first-order valence-corrected chi connectivity index (χ1v) is 4.47. The van der Waals surface area contributed by atoms with Crippen LogP contribution in [-0.4, -0.2) is 28.5 Å². The summed E-state index contributed by atoms with van der Waals surface area (Å²) in [4.78, 5) is 10.8. The van der Waals surface area contributed by atoms with Crippen LogP contribution in [0.1, 0.15) is 17.1 Å². The molecule has 0 amide bonds. The van der Waals surface area contributed by atoms with Gasteiger partial charge in [0.15, 0.2) is 0 Å². The molecule has 4 heteroatoms. The maximum Gasteiger partial charge on any atom is 0.130 e. The normalized spacial score (nSPS) is 17.1. The van der Waals surface area contributed by atoms with Crippen LogP contribution < -0.4 is 5.73 Å². The molecule has 4 nitrogen and oxygen atoms in total. The highest BCUT2D eigenvalue weighted by molar-refractivity contribution is 5.43. The molecule has 2 heterocycles. The number of rotatable bonds is 0. The SMILES string of the molecule is Cc1nc(N)c2c(n1)CN(C)CC2. The Kier molecular flexibility index (Phi) is 1.92. The molecule has 1 aliphatic rings. The van der Waals surface area contributed by atoms with Crippen LogP contribution in [0.3, 0.4) is 0 Å². The Hall–Kier alpha value is -1.16. The smallest absolute Gasteiger partial charge is 0.130 e. The van der Waals surface area contributed by atoms with E-state index in [2.05, 4.69) is 21.9 Å². The van der Waals surface area contributed by atoms with Gasteiger partial charge >= 0.3 is 0 Å². The average molecular weight is 178 g/mol. The lowest BCUT2D eigenvalue weighted by Gasteiger charge is -2.24. The standard InChI is InChI=1S/C9H14N4/c1-6-11-8-5-13(2)4-3-7(8)9(10)12-6/h3-5H2,1-2H3,(H2,10,11,12). The predicted molar refractivity (Wildman–Crippen MR) is 51.2 cm³/mol. The number of fused-ring (bicyclic) bond motifs is 1. The molecule has 1 aromatic rings. The van der Waals surface area contributed by atoms with Gasteiger partial charge in [-0.05, 0) is 20.4 Å². The van der Waals surface area contributed by atoms with E-state index in [-0.39, 0.29) is 0 Å². The summed E-state index contributed by atoms with van der Waals surface area (Å²) < 4.78 is 0. The largest absolute Gasteiger partial charge is 0.383 e. The molecular weight excluding hydrogens is 164 g/mol. The third-order valence-corrected chi connectivity index (χ3v) is 2.40. The zero-order chi connectivity index (χ0) is 9.42. The fraction of sp³-hybridized carbons (Fsp3) is 0.556. The molecule has 0 spiro atoms.